The topological polar surface area (TPSA) is 26.3 Å². The van der Waals surface area contributed by atoms with E-state index in [2.05, 4.69) is 6.07 Å². The van der Waals surface area contributed by atoms with E-state index in [0.717, 1.165) is 12.2 Å². The Morgan fingerprint density at radius 1 is 1.54 bits per heavy atom. The Balaban J connectivity index is 2.15. The SMILES string of the molecule is COCC[S@](=O)CCc1cccs1. The molecule has 0 N–H and O–H groups in total. The van der Waals surface area contributed by atoms with Crippen molar-refractivity contribution in [1.29, 1.82) is 0 Å². The third-order valence-corrected chi connectivity index (χ3v) is 3.89. The average Bonchev–Trinajstić information content (AvgIpc) is 2.64. The molecule has 4 heteroatoms. The van der Waals surface area contributed by atoms with Crippen LogP contribution in [-0.2, 0) is 22.0 Å². The fourth-order valence-corrected chi connectivity index (χ4v) is 2.79. The molecule has 0 aromatic carbocycles. The number of rotatable bonds is 6. The zero-order valence-electron chi connectivity index (χ0n) is 7.69. The standard InChI is InChI=1S/C9H14O2S2/c1-11-5-8-13(10)7-4-9-3-2-6-12-9/h2-3,6H,4-5,7-8H2,1H3/t13-/m1/s1. The molecule has 0 unspecified atom stereocenters. The Morgan fingerprint density at radius 3 is 3.00 bits per heavy atom. The summed E-state index contributed by atoms with van der Waals surface area (Å²) in [5.41, 5.74) is 0. The quantitative estimate of drug-likeness (QED) is 0.726. The monoisotopic (exact) mass is 218 g/mol. The van der Waals surface area contributed by atoms with Crippen molar-refractivity contribution in [3.8, 4) is 0 Å². The second-order valence-corrected chi connectivity index (χ2v) is 5.40. The maximum absolute atomic E-state index is 11.3. The summed E-state index contributed by atoms with van der Waals surface area (Å²) < 4.78 is 16.2. The molecule has 0 amide bonds. The summed E-state index contributed by atoms with van der Waals surface area (Å²) in [6, 6.07) is 4.11. The lowest BCUT2D eigenvalue weighted by molar-refractivity contribution is 0.218. The van der Waals surface area contributed by atoms with Gasteiger partial charge in [-0.3, -0.25) is 4.21 Å². The lowest BCUT2D eigenvalue weighted by atomic mass is 10.4. The van der Waals surface area contributed by atoms with Crippen LogP contribution in [-0.4, -0.2) is 29.4 Å². The number of ether oxygens (including phenoxy) is 1. The van der Waals surface area contributed by atoms with Gasteiger partial charge in [-0.05, 0) is 17.9 Å². The van der Waals surface area contributed by atoms with Gasteiger partial charge in [0.2, 0.25) is 0 Å². The highest BCUT2D eigenvalue weighted by Crippen LogP contribution is 2.09. The second kappa shape index (κ2) is 6.29. The molecule has 0 spiro atoms. The van der Waals surface area contributed by atoms with Crippen LogP contribution in [0.3, 0.4) is 0 Å². The molecule has 0 aliphatic heterocycles. The van der Waals surface area contributed by atoms with Gasteiger partial charge in [0.15, 0.2) is 0 Å². The van der Waals surface area contributed by atoms with Crippen molar-refractivity contribution >= 4 is 22.1 Å². The maximum Gasteiger partial charge on any atom is 0.0577 e. The summed E-state index contributed by atoms with van der Waals surface area (Å²) in [4.78, 5) is 1.31. The zero-order chi connectivity index (χ0) is 9.52. The van der Waals surface area contributed by atoms with Crippen LogP contribution in [0.15, 0.2) is 17.5 Å². The molecule has 1 aromatic rings. The molecule has 0 aliphatic carbocycles. The lowest BCUT2D eigenvalue weighted by Gasteiger charge is -1.99. The van der Waals surface area contributed by atoms with E-state index in [1.807, 2.05) is 11.4 Å². The summed E-state index contributed by atoms with van der Waals surface area (Å²) in [5, 5.41) is 2.05. The van der Waals surface area contributed by atoms with Gasteiger partial charge in [0.1, 0.15) is 0 Å². The predicted molar refractivity (Wildman–Crippen MR) is 57.8 cm³/mol. The number of aryl methyl sites for hydroxylation is 1. The number of hydrogen-bond donors (Lipinski definition) is 0. The first-order valence-electron chi connectivity index (χ1n) is 4.19. The maximum atomic E-state index is 11.3. The van der Waals surface area contributed by atoms with Gasteiger partial charge >= 0.3 is 0 Å². The minimum absolute atomic E-state index is 0.594. The molecule has 1 heterocycles. The normalized spacial score (nSPS) is 13.0. The van der Waals surface area contributed by atoms with E-state index in [1.54, 1.807) is 18.4 Å². The zero-order valence-corrected chi connectivity index (χ0v) is 9.33. The molecule has 1 atom stereocenters. The molecule has 2 nitrogen and oxygen atoms in total. The van der Waals surface area contributed by atoms with Gasteiger partial charge in [0.05, 0.1) is 6.61 Å². The van der Waals surface area contributed by atoms with Gasteiger partial charge in [-0.15, -0.1) is 11.3 Å². The summed E-state index contributed by atoms with van der Waals surface area (Å²) in [5.74, 6) is 1.41. The van der Waals surface area contributed by atoms with E-state index >= 15 is 0 Å². The van der Waals surface area contributed by atoms with E-state index in [0.29, 0.717) is 12.4 Å². The highest BCUT2D eigenvalue weighted by Gasteiger charge is 2.00. The Hall–Kier alpha value is -0.190. The summed E-state index contributed by atoms with van der Waals surface area (Å²) >= 11 is 1.72. The van der Waals surface area contributed by atoms with Crippen molar-refractivity contribution in [3.63, 3.8) is 0 Å². The second-order valence-electron chi connectivity index (χ2n) is 2.67. The largest absolute Gasteiger partial charge is 0.384 e. The van der Waals surface area contributed by atoms with E-state index < -0.39 is 10.8 Å². The Morgan fingerprint density at radius 2 is 2.38 bits per heavy atom. The fourth-order valence-electron chi connectivity index (χ4n) is 0.948. The van der Waals surface area contributed by atoms with Gasteiger partial charge in [0.25, 0.3) is 0 Å². The predicted octanol–water partition coefficient (Wildman–Crippen LogP) is 1.69. The molecule has 0 saturated carbocycles. The highest BCUT2D eigenvalue weighted by atomic mass is 32.2. The van der Waals surface area contributed by atoms with Crippen molar-refractivity contribution in [3.05, 3.63) is 22.4 Å². The molecule has 0 bridgehead atoms. The third kappa shape index (κ3) is 4.55. The van der Waals surface area contributed by atoms with E-state index in [9.17, 15) is 4.21 Å². The molecule has 0 aliphatic rings. The number of methoxy groups -OCH3 is 1. The molecule has 1 aromatic heterocycles. The molecular weight excluding hydrogens is 204 g/mol. The van der Waals surface area contributed by atoms with Gasteiger partial charge in [0, 0.05) is 34.3 Å². The Kier molecular flexibility index (Phi) is 5.27. The van der Waals surface area contributed by atoms with Crippen LogP contribution in [0.2, 0.25) is 0 Å². The van der Waals surface area contributed by atoms with Gasteiger partial charge < -0.3 is 4.74 Å². The molecule has 0 fully saturated rings. The average molecular weight is 218 g/mol. The lowest BCUT2D eigenvalue weighted by Crippen LogP contribution is -2.08. The van der Waals surface area contributed by atoms with E-state index in [1.165, 1.54) is 4.88 Å². The molecule has 74 valence electrons. The van der Waals surface area contributed by atoms with E-state index in [4.69, 9.17) is 4.74 Å². The minimum Gasteiger partial charge on any atom is -0.384 e. The van der Waals surface area contributed by atoms with Crippen molar-refractivity contribution in [2.24, 2.45) is 0 Å². The first-order chi connectivity index (χ1) is 6.33. The van der Waals surface area contributed by atoms with Crippen molar-refractivity contribution in [2.45, 2.75) is 6.42 Å². The van der Waals surface area contributed by atoms with Crippen LogP contribution in [0.5, 0.6) is 0 Å². The molecule has 1 rings (SSSR count). The van der Waals surface area contributed by atoms with Crippen LogP contribution in [0.4, 0.5) is 0 Å². The van der Waals surface area contributed by atoms with E-state index in [-0.39, 0.29) is 0 Å². The van der Waals surface area contributed by atoms with Crippen molar-refractivity contribution in [2.75, 3.05) is 25.2 Å². The van der Waals surface area contributed by atoms with Crippen molar-refractivity contribution in [1.82, 2.24) is 0 Å². The fraction of sp³-hybridized carbons (Fsp3) is 0.556. The number of thiophene rings is 1. The van der Waals surface area contributed by atoms with Crippen LogP contribution in [0, 0.1) is 0 Å². The number of hydrogen-bond acceptors (Lipinski definition) is 3. The molecule has 0 saturated heterocycles. The third-order valence-electron chi connectivity index (χ3n) is 1.67. The van der Waals surface area contributed by atoms with Crippen LogP contribution in [0.1, 0.15) is 4.88 Å². The first-order valence-corrected chi connectivity index (χ1v) is 6.56. The molecule has 13 heavy (non-hydrogen) atoms. The smallest absolute Gasteiger partial charge is 0.0577 e. The van der Waals surface area contributed by atoms with Crippen molar-refractivity contribution < 1.29 is 8.95 Å². The summed E-state index contributed by atoms with van der Waals surface area (Å²) in [6.07, 6.45) is 0.925. The Labute approximate surface area is 85.4 Å². The highest BCUT2D eigenvalue weighted by molar-refractivity contribution is 7.85. The Bertz CT molecular complexity index is 244. The van der Waals surface area contributed by atoms with Gasteiger partial charge in [-0.1, -0.05) is 6.07 Å². The molecular formula is C9H14O2S2. The summed E-state index contributed by atoms with van der Waals surface area (Å²) in [7, 11) is 0.913. The summed E-state index contributed by atoms with van der Waals surface area (Å²) in [6.45, 7) is 0.594. The minimum atomic E-state index is -0.723. The van der Waals surface area contributed by atoms with Crippen LogP contribution >= 0.6 is 11.3 Å². The first kappa shape index (κ1) is 10.9. The van der Waals surface area contributed by atoms with Gasteiger partial charge in [-0.25, -0.2) is 0 Å². The van der Waals surface area contributed by atoms with Crippen LogP contribution < -0.4 is 0 Å². The van der Waals surface area contributed by atoms with Gasteiger partial charge in [-0.2, -0.15) is 0 Å². The van der Waals surface area contributed by atoms with Crippen LogP contribution in [0.25, 0.3) is 0 Å². The molecule has 0 radical (unpaired) electrons.